The molecule has 0 amide bonds. The van der Waals surface area contributed by atoms with Crippen LogP contribution in [-0.2, 0) is 56.0 Å². The number of aryl methyl sites for hydroxylation is 8. The van der Waals surface area contributed by atoms with Crippen LogP contribution in [-0.4, -0.2) is 54.7 Å². The van der Waals surface area contributed by atoms with Crippen LogP contribution in [0, 0.1) is 50.9 Å². The van der Waals surface area contributed by atoms with Crippen LogP contribution in [0.3, 0.4) is 0 Å². The molecule has 12 aromatic rings. The zero-order valence-corrected chi connectivity index (χ0v) is 83.5. The molecule has 682 valence electrons. The number of ether oxygens (including phenoxy) is 4. The molecule has 3 unspecified atom stereocenters. The predicted octanol–water partition coefficient (Wildman–Crippen LogP) is 31.5. The largest absolute Gasteiger partial charge is 0.490 e. The third kappa shape index (κ3) is 31.5. The van der Waals surface area contributed by atoms with Gasteiger partial charge in [-0.1, -0.05) is 356 Å². The first-order chi connectivity index (χ1) is 59.4. The van der Waals surface area contributed by atoms with Crippen LogP contribution >= 0.6 is 0 Å². The van der Waals surface area contributed by atoms with E-state index in [9.17, 15) is 0 Å². The number of hydrogen-bond donors (Lipinski definition) is 1. The maximum atomic E-state index is 6.21. The van der Waals surface area contributed by atoms with Crippen molar-refractivity contribution in [3.05, 3.63) is 290 Å². The number of anilines is 1. The highest BCUT2D eigenvalue weighted by Crippen LogP contribution is 2.41. The molecule has 0 spiro atoms. The topological polar surface area (TPSA) is 132 Å². The van der Waals surface area contributed by atoms with Crippen LogP contribution in [0.15, 0.2) is 227 Å². The van der Waals surface area contributed by atoms with Gasteiger partial charge in [-0.15, -0.1) is 0 Å². The highest BCUT2D eigenvalue weighted by molar-refractivity contribution is 5.88. The fourth-order valence-corrected chi connectivity index (χ4v) is 14.6. The van der Waals surface area contributed by atoms with Crippen LogP contribution in [0.5, 0.6) is 23.1 Å². The van der Waals surface area contributed by atoms with Crippen molar-refractivity contribution >= 4 is 34.0 Å². The molecule has 5 heterocycles. The molecule has 3 aliphatic heterocycles. The first-order valence-corrected chi connectivity index (χ1v) is 46.1. The number of fused-ring (bicyclic) bond motifs is 5. The average Bonchev–Trinajstić information content (AvgIpc) is 1.42. The summed E-state index contributed by atoms with van der Waals surface area (Å²) in [5.74, 6) is 4.38. The Morgan fingerprint density at radius 1 is 0.339 bits per heavy atom. The molecule has 10 aromatic carbocycles. The molecule has 12 nitrogen and oxygen atoms in total. The summed E-state index contributed by atoms with van der Waals surface area (Å²) in [4.78, 5) is 10.1. The molecule has 0 radical (unpaired) electrons. The van der Waals surface area contributed by atoms with Crippen LogP contribution in [0.1, 0.15) is 284 Å². The van der Waals surface area contributed by atoms with Crippen molar-refractivity contribution in [2.24, 2.45) is 21.4 Å². The summed E-state index contributed by atoms with van der Waals surface area (Å²) in [6.45, 7) is 71.5. The van der Waals surface area contributed by atoms with E-state index >= 15 is 0 Å². The Morgan fingerprint density at radius 3 is 1.07 bits per heavy atom. The summed E-state index contributed by atoms with van der Waals surface area (Å²) in [5, 5.41) is 13.6. The average molecular weight is 1720 g/mol. The van der Waals surface area contributed by atoms with Gasteiger partial charge in [-0.3, -0.25) is 4.84 Å². The number of aromatic nitrogens is 2. The SMILES string of the molecule is CCO/N=C/c1ccc2c(c1)CCC(C(C)(C)C)O2.CCONc1noc2cc(C(C)(C)C)ccc12.CCOc1noc2cc(C(C)(C)C)ccc12.Cc1ccc(-c2ccc(C(C)(C)C)cc2)cc1.Cc1ccc(-c2ccc3c(c2)CCC(C(C)(C)C)O3)cc1.Cc1ccc(C(C)(C)C)cc1.Cc1ccc(C(C)(C)C)cc1.Cc1ccc2c(c1)CCC(C(C)(C)C)O2. The van der Waals surface area contributed by atoms with E-state index in [0.29, 0.717) is 49.8 Å². The standard InChI is InChI=1S/C20H24O.C17H20.C16H23NO2.C14H20O.C13H18N2O2.C13H17NO2.2C11H16/c1-14-5-7-15(8-6-14)16-9-11-18-17(13-16)10-12-19(21-18)20(2,3)4;1-13-5-7-14(8-6-13)15-9-11-16(12-10-15)17(2,3)4;1-5-18-17-11-12-6-8-14-13(10-12)7-9-15(19-14)16(2,3)4;1-10-5-7-12-11(9-10)6-8-13(15-12)14(2,3)4;1-5-16-14-12-10-7-6-9(13(2,3)4)8-11(10)17-15-12;1-5-15-12-10-7-6-9(13(2,3)4)8-11(10)16-14-12;2*1-9-5-7-10(8-6-9)11(2,3)4/h5-9,11,13,19H,10,12H2,1-4H3;5-12H,1-4H3;6,8,10-11,15H,5,7,9H2,1-4H3;5,7,9,13H,6,8H2,1-4H3;6-8H,5H2,1-4H3,(H,14,15);6-8H,5H2,1-4H3;2*5-8H,1-4H3/b;;17-11+;;;;;. The number of rotatable bonds is 10. The van der Waals surface area contributed by atoms with Crippen molar-refractivity contribution in [3.63, 3.8) is 0 Å². The minimum Gasteiger partial charge on any atom is -0.490 e. The third-order valence-electron chi connectivity index (χ3n) is 23.1. The van der Waals surface area contributed by atoms with Crippen LogP contribution in [0.4, 0.5) is 5.82 Å². The normalized spacial score (nSPS) is 14.9. The fraction of sp³-hybridized carbons (Fsp3) is 0.452. The van der Waals surface area contributed by atoms with Gasteiger partial charge in [-0.05, 0) is 275 Å². The van der Waals surface area contributed by atoms with E-state index in [1.807, 2.05) is 57.2 Å². The lowest BCUT2D eigenvalue weighted by Crippen LogP contribution is -2.35. The molecule has 15 rings (SSSR count). The van der Waals surface area contributed by atoms with E-state index in [0.717, 1.165) is 83.3 Å². The molecular weight excluding hydrogens is 1570 g/mol. The highest BCUT2D eigenvalue weighted by atomic mass is 16.6. The van der Waals surface area contributed by atoms with Crippen molar-refractivity contribution < 1.29 is 37.7 Å². The Labute approximate surface area is 765 Å². The molecule has 3 atom stereocenters. The van der Waals surface area contributed by atoms with E-state index < -0.39 is 0 Å². The van der Waals surface area contributed by atoms with Gasteiger partial charge in [0.05, 0.1) is 30.2 Å². The van der Waals surface area contributed by atoms with Gasteiger partial charge in [0.15, 0.2) is 11.2 Å². The number of nitrogens with zero attached hydrogens (tertiary/aromatic N) is 3. The van der Waals surface area contributed by atoms with Gasteiger partial charge in [-0.25, -0.2) is 5.48 Å². The van der Waals surface area contributed by atoms with Gasteiger partial charge in [0, 0.05) is 0 Å². The number of hydrogen-bond acceptors (Lipinski definition) is 12. The zero-order chi connectivity index (χ0) is 93.6. The van der Waals surface area contributed by atoms with E-state index in [1.54, 1.807) is 6.21 Å². The predicted molar refractivity (Wildman–Crippen MR) is 537 cm³/mol. The van der Waals surface area contributed by atoms with Gasteiger partial charge >= 0.3 is 0 Å². The van der Waals surface area contributed by atoms with Gasteiger partial charge in [0.25, 0.3) is 5.88 Å². The Balaban J connectivity index is 0.000000181. The van der Waals surface area contributed by atoms with Crippen molar-refractivity contribution in [1.82, 2.24) is 10.3 Å². The van der Waals surface area contributed by atoms with E-state index in [4.69, 9.17) is 37.7 Å². The van der Waals surface area contributed by atoms with Crippen molar-refractivity contribution in [1.29, 1.82) is 0 Å². The van der Waals surface area contributed by atoms with E-state index in [1.165, 1.54) is 94.6 Å². The summed E-state index contributed by atoms with van der Waals surface area (Å²) in [6.07, 6.45) is 9.35. The summed E-state index contributed by atoms with van der Waals surface area (Å²) in [5.41, 5.74) is 29.4. The van der Waals surface area contributed by atoms with Gasteiger partial charge in [0.2, 0.25) is 5.82 Å². The highest BCUT2D eigenvalue weighted by Gasteiger charge is 2.34. The lowest BCUT2D eigenvalue weighted by molar-refractivity contribution is 0.0674. The number of benzene rings is 10. The molecule has 0 saturated carbocycles. The number of oxime groups is 1. The Morgan fingerprint density at radius 2 is 0.669 bits per heavy atom. The Hall–Kier alpha value is -10.4. The van der Waals surface area contributed by atoms with Crippen molar-refractivity contribution in [3.8, 4) is 45.4 Å². The molecule has 3 aliphatic rings. The van der Waals surface area contributed by atoms with E-state index in [-0.39, 0.29) is 43.3 Å². The third-order valence-corrected chi connectivity index (χ3v) is 23.1. The molecular formula is C115H154N4O8. The maximum Gasteiger partial charge on any atom is 0.262 e. The van der Waals surface area contributed by atoms with Crippen LogP contribution in [0.2, 0.25) is 0 Å². The molecule has 0 saturated heterocycles. The summed E-state index contributed by atoms with van der Waals surface area (Å²) < 4.78 is 34.3. The second-order valence-electron chi connectivity index (χ2n) is 42.7. The molecule has 12 heteroatoms. The zero-order valence-electron chi connectivity index (χ0n) is 83.5. The van der Waals surface area contributed by atoms with Crippen molar-refractivity contribution in [2.75, 3.05) is 25.3 Å². The lowest BCUT2D eigenvalue weighted by Gasteiger charge is -2.35. The summed E-state index contributed by atoms with van der Waals surface area (Å²) in [7, 11) is 0. The van der Waals surface area contributed by atoms with Gasteiger partial charge in [-0.2, -0.15) is 0 Å². The molecule has 127 heavy (non-hydrogen) atoms. The first kappa shape index (κ1) is 102. The van der Waals surface area contributed by atoms with Crippen LogP contribution in [0.25, 0.3) is 44.2 Å². The molecule has 2 aromatic heterocycles. The van der Waals surface area contributed by atoms with E-state index in [2.05, 4.69) is 398 Å². The second kappa shape index (κ2) is 44.5. The minimum absolute atomic E-state index is 0.106. The quantitative estimate of drug-likeness (QED) is 0.104. The maximum absolute atomic E-state index is 6.21. The summed E-state index contributed by atoms with van der Waals surface area (Å²) in [6, 6.07) is 75.3. The molecule has 0 fully saturated rings. The van der Waals surface area contributed by atoms with Crippen molar-refractivity contribution in [2.45, 2.75) is 305 Å². The summed E-state index contributed by atoms with van der Waals surface area (Å²) >= 11 is 0. The van der Waals surface area contributed by atoms with Gasteiger partial charge < -0.3 is 32.8 Å². The lowest BCUT2D eigenvalue weighted by atomic mass is 9.83. The smallest absolute Gasteiger partial charge is 0.262 e. The molecule has 0 bridgehead atoms. The van der Waals surface area contributed by atoms with Gasteiger partial charge in [0.1, 0.15) is 42.2 Å². The molecule has 1 N–H and O–H groups in total. The minimum atomic E-state index is 0.106. The Kier molecular flexibility index (Phi) is 35.8. The molecule has 0 aliphatic carbocycles. The van der Waals surface area contributed by atoms with Crippen LogP contribution < -0.4 is 24.4 Å². The Bertz CT molecular complexity index is 5350. The first-order valence-electron chi connectivity index (χ1n) is 46.1. The monoisotopic (exact) mass is 1720 g/mol. The fourth-order valence-electron chi connectivity index (χ4n) is 14.6. The number of nitrogens with one attached hydrogen (secondary N) is 1. The second-order valence-corrected chi connectivity index (χ2v) is 42.7.